The van der Waals surface area contributed by atoms with Gasteiger partial charge in [0.25, 0.3) is 0 Å². The molecule has 3 rings (SSSR count). The first-order chi connectivity index (χ1) is 12.1. The number of likely N-dealkylation sites (N-methyl/N-ethyl adjacent to an activating group) is 1. The molecular formula is C18H28N6O. The van der Waals surface area contributed by atoms with Gasteiger partial charge < -0.3 is 14.6 Å². The molecule has 2 aromatic heterocycles. The van der Waals surface area contributed by atoms with Gasteiger partial charge in [-0.05, 0) is 38.2 Å². The predicted octanol–water partition coefficient (Wildman–Crippen LogP) is 1.68. The molecule has 7 heteroatoms. The number of aromatic nitrogens is 2. The van der Waals surface area contributed by atoms with Crippen molar-refractivity contribution in [3.8, 4) is 0 Å². The van der Waals surface area contributed by atoms with Crippen LogP contribution in [-0.4, -0.2) is 66.3 Å². The topological polar surface area (TPSA) is 61.8 Å². The third-order valence-electron chi connectivity index (χ3n) is 4.84. The van der Waals surface area contributed by atoms with Gasteiger partial charge in [0.15, 0.2) is 5.96 Å². The second-order valence-corrected chi connectivity index (χ2v) is 6.80. The number of rotatable bonds is 5. The first-order valence-corrected chi connectivity index (χ1v) is 8.72. The Kier molecular flexibility index (Phi) is 5.43. The Bertz CT molecular complexity index is 690. The van der Waals surface area contributed by atoms with Crippen LogP contribution in [0.15, 0.2) is 40.2 Å². The molecule has 1 fully saturated rings. The highest BCUT2D eigenvalue weighted by atomic mass is 16.3. The molecule has 1 aliphatic rings. The zero-order valence-electron chi connectivity index (χ0n) is 15.5. The number of hydrogen-bond acceptors (Lipinski definition) is 4. The Balaban J connectivity index is 1.59. The molecule has 0 radical (unpaired) electrons. The van der Waals surface area contributed by atoms with Crippen molar-refractivity contribution in [2.75, 3.05) is 40.8 Å². The van der Waals surface area contributed by atoms with E-state index in [9.17, 15) is 0 Å². The number of aryl methyl sites for hydroxylation is 1. The molecule has 25 heavy (non-hydrogen) atoms. The van der Waals surface area contributed by atoms with Crippen LogP contribution in [0, 0.1) is 0 Å². The normalized spacial score (nSPS) is 19.6. The summed E-state index contributed by atoms with van der Waals surface area (Å²) in [6, 6.07) is 4.12. The first kappa shape index (κ1) is 17.5. The van der Waals surface area contributed by atoms with E-state index in [4.69, 9.17) is 4.42 Å². The molecule has 0 aromatic carbocycles. The number of nitrogens with zero attached hydrogens (tertiary/aromatic N) is 5. The van der Waals surface area contributed by atoms with E-state index in [2.05, 4.69) is 45.5 Å². The van der Waals surface area contributed by atoms with Crippen LogP contribution in [-0.2, 0) is 7.05 Å². The van der Waals surface area contributed by atoms with Crippen LogP contribution >= 0.6 is 0 Å². The number of hydrogen-bond donors (Lipinski definition) is 1. The molecule has 136 valence electrons. The van der Waals surface area contributed by atoms with Crippen LogP contribution in [0.5, 0.6) is 0 Å². The lowest BCUT2D eigenvalue weighted by molar-refractivity contribution is 0.256. The minimum Gasteiger partial charge on any atom is -0.468 e. The van der Waals surface area contributed by atoms with Crippen LogP contribution in [0.3, 0.4) is 0 Å². The highest BCUT2D eigenvalue weighted by molar-refractivity contribution is 5.80. The van der Waals surface area contributed by atoms with Crippen molar-refractivity contribution in [2.24, 2.45) is 12.0 Å². The Morgan fingerprint density at radius 2 is 2.36 bits per heavy atom. The highest BCUT2D eigenvalue weighted by Crippen LogP contribution is 2.26. The van der Waals surface area contributed by atoms with Gasteiger partial charge in [-0.15, -0.1) is 0 Å². The fraction of sp³-hybridized carbons (Fsp3) is 0.556. The van der Waals surface area contributed by atoms with Gasteiger partial charge in [-0.25, -0.2) is 0 Å². The van der Waals surface area contributed by atoms with Crippen molar-refractivity contribution in [3.05, 3.63) is 42.1 Å². The molecule has 2 atom stereocenters. The lowest BCUT2D eigenvalue weighted by Gasteiger charge is -2.26. The van der Waals surface area contributed by atoms with E-state index in [-0.39, 0.29) is 6.04 Å². The van der Waals surface area contributed by atoms with Crippen LogP contribution in [0.2, 0.25) is 0 Å². The molecular weight excluding hydrogens is 316 g/mol. The lowest BCUT2D eigenvalue weighted by Crippen LogP contribution is -2.43. The Morgan fingerprint density at radius 3 is 2.96 bits per heavy atom. The molecule has 0 amide bonds. The molecule has 7 nitrogen and oxygen atoms in total. The molecule has 2 unspecified atom stereocenters. The van der Waals surface area contributed by atoms with E-state index in [1.54, 1.807) is 6.26 Å². The van der Waals surface area contributed by atoms with E-state index in [0.717, 1.165) is 37.8 Å². The molecule has 2 aromatic rings. The number of likely N-dealkylation sites (tertiary alicyclic amines) is 1. The maximum atomic E-state index is 5.58. The quantitative estimate of drug-likeness (QED) is 0.660. The maximum absolute atomic E-state index is 5.58. The number of guanidine groups is 1. The summed E-state index contributed by atoms with van der Waals surface area (Å²) in [5.74, 6) is 2.43. The SMILES string of the molecule is CN=C(NCC(c1ccco1)N(C)C)N1CCC(c2cnn(C)c2)C1. The van der Waals surface area contributed by atoms with Crippen molar-refractivity contribution < 1.29 is 4.42 Å². The van der Waals surface area contributed by atoms with Crippen molar-refractivity contribution in [2.45, 2.75) is 18.4 Å². The third kappa shape index (κ3) is 4.04. The summed E-state index contributed by atoms with van der Waals surface area (Å²) in [4.78, 5) is 8.96. The maximum Gasteiger partial charge on any atom is 0.193 e. The van der Waals surface area contributed by atoms with Gasteiger partial charge >= 0.3 is 0 Å². The van der Waals surface area contributed by atoms with Gasteiger partial charge in [0, 0.05) is 45.8 Å². The standard InChI is InChI=1S/C18H28N6O/c1-19-18(20-11-16(22(2)3)17-6-5-9-25-17)24-8-7-14(13-24)15-10-21-23(4)12-15/h5-6,9-10,12,14,16H,7-8,11,13H2,1-4H3,(H,19,20). The fourth-order valence-corrected chi connectivity index (χ4v) is 3.41. The molecule has 0 bridgehead atoms. The Labute approximate surface area is 149 Å². The van der Waals surface area contributed by atoms with Gasteiger partial charge in [-0.2, -0.15) is 5.10 Å². The van der Waals surface area contributed by atoms with E-state index in [1.807, 2.05) is 37.1 Å². The summed E-state index contributed by atoms with van der Waals surface area (Å²) in [6.45, 7) is 2.73. The second-order valence-electron chi connectivity index (χ2n) is 6.80. The predicted molar refractivity (Wildman–Crippen MR) is 98.6 cm³/mol. The van der Waals surface area contributed by atoms with Crippen molar-refractivity contribution in [3.63, 3.8) is 0 Å². The first-order valence-electron chi connectivity index (χ1n) is 8.72. The number of aliphatic imine (C=N–C) groups is 1. The highest BCUT2D eigenvalue weighted by Gasteiger charge is 2.27. The molecule has 0 saturated carbocycles. The van der Waals surface area contributed by atoms with Gasteiger partial charge in [-0.3, -0.25) is 14.6 Å². The van der Waals surface area contributed by atoms with E-state index < -0.39 is 0 Å². The fourth-order valence-electron chi connectivity index (χ4n) is 3.41. The minimum absolute atomic E-state index is 0.170. The van der Waals surface area contributed by atoms with Gasteiger partial charge in [0.1, 0.15) is 5.76 Å². The van der Waals surface area contributed by atoms with Crippen LogP contribution < -0.4 is 5.32 Å². The Hall–Kier alpha value is -2.28. The monoisotopic (exact) mass is 344 g/mol. The summed E-state index contributed by atoms with van der Waals surface area (Å²) in [5, 5.41) is 7.81. The zero-order valence-corrected chi connectivity index (χ0v) is 15.5. The largest absolute Gasteiger partial charge is 0.468 e. The van der Waals surface area contributed by atoms with Crippen molar-refractivity contribution >= 4 is 5.96 Å². The van der Waals surface area contributed by atoms with E-state index >= 15 is 0 Å². The zero-order chi connectivity index (χ0) is 17.8. The Morgan fingerprint density at radius 1 is 1.52 bits per heavy atom. The molecule has 1 N–H and O–H groups in total. The molecule has 1 aliphatic heterocycles. The minimum atomic E-state index is 0.170. The van der Waals surface area contributed by atoms with E-state index in [1.165, 1.54) is 5.56 Å². The summed E-state index contributed by atoms with van der Waals surface area (Å²) in [6.07, 6.45) is 6.94. The third-order valence-corrected chi connectivity index (χ3v) is 4.84. The van der Waals surface area contributed by atoms with Gasteiger partial charge in [-0.1, -0.05) is 0 Å². The smallest absolute Gasteiger partial charge is 0.193 e. The number of nitrogens with one attached hydrogen (secondary N) is 1. The summed E-state index contributed by atoms with van der Waals surface area (Å²) in [5.41, 5.74) is 1.31. The summed E-state index contributed by atoms with van der Waals surface area (Å²) >= 11 is 0. The van der Waals surface area contributed by atoms with Crippen LogP contribution in [0.1, 0.15) is 29.7 Å². The van der Waals surface area contributed by atoms with Crippen molar-refractivity contribution in [1.82, 2.24) is 24.9 Å². The average Bonchev–Trinajstić information content (AvgIpc) is 3.32. The van der Waals surface area contributed by atoms with E-state index in [0.29, 0.717) is 5.92 Å². The second kappa shape index (κ2) is 7.74. The lowest BCUT2D eigenvalue weighted by atomic mass is 10.0. The summed E-state index contributed by atoms with van der Waals surface area (Å²) < 4.78 is 7.45. The summed E-state index contributed by atoms with van der Waals surface area (Å²) in [7, 11) is 7.93. The molecule has 3 heterocycles. The number of furan rings is 1. The molecule has 0 spiro atoms. The molecule has 1 saturated heterocycles. The average molecular weight is 344 g/mol. The van der Waals surface area contributed by atoms with Crippen LogP contribution in [0.25, 0.3) is 0 Å². The molecule has 0 aliphatic carbocycles. The van der Waals surface area contributed by atoms with Gasteiger partial charge in [0.2, 0.25) is 0 Å². The van der Waals surface area contributed by atoms with Crippen molar-refractivity contribution in [1.29, 1.82) is 0 Å². The van der Waals surface area contributed by atoms with Gasteiger partial charge in [0.05, 0.1) is 18.5 Å². The van der Waals surface area contributed by atoms with Crippen LogP contribution in [0.4, 0.5) is 0 Å².